The van der Waals surface area contributed by atoms with Crippen LogP contribution in [0.25, 0.3) is 0 Å². The highest BCUT2D eigenvalue weighted by atomic mass is 79.9. The van der Waals surface area contributed by atoms with E-state index in [-0.39, 0.29) is 38.9 Å². The molecule has 0 saturated carbocycles. The van der Waals surface area contributed by atoms with Gasteiger partial charge in [-0.1, -0.05) is 43.5 Å². The Balaban J connectivity index is 0.000000664. The fourth-order valence-corrected chi connectivity index (χ4v) is 11.0. The van der Waals surface area contributed by atoms with Gasteiger partial charge in [0.15, 0.2) is 0 Å². The minimum Gasteiger partial charge on any atom is -0.207 e. The molecule has 8 aromatic carbocycles. The molecule has 8 rings (SSSR count). The van der Waals surface area contributed by atoms with E-state index in [2.05, 4.69) is 47.8 Å². The average Bonchev–Trinajstić information content (AvgIpc) is 0.841. The summed E-state index contributed by atoms with van der Waals surface area (Å²) in [6.45, 7) is 17.0. The molecule has 0 aliphatic rings. The number of benzene rings is 8. The van der Waals surface area contributed by atoms with Gasteiger partial charge in [0, 0.05) is 18.4 Å². The molecule has 0 aromatic heterocycles. The zero-order chi connectivity index (χ0) is 91.8. The second kappa shape index (κ2) is 39.3. The van der Waals surface area contributed by atoms with Gasteiger partial charge >= 0.3 is 74.1 Å². The normalized spacial score (nSPS) is 12.5. The Labute approximate surface area is 663 Å². The van der Waals surface area contributed by atoms with Crippen molar-refractivity contribution in [2.24, 2.45) is 0 Å². The van der Waals surface area contributed by atoms with Crippen molar-refractivity contribution in [3.05, 3.63) is 272 Å². The van der Waals surface area contributed by atoms with Gasteiger partial charge in [-0.05, 0) is 275 Å². The largest absolute Gasteiger partial charge is 0.419 e. The van der Waals surface area contributed by atoms with Crippen LogP contribution >= 0.6 is 59.4 Å². The van der Waals surface area contributed by atoms with Gasteiger partial charge in [-0.15, -0.1) is 0 Å². The van der Waals surface area contributed by atoms with Crippen molar-refractivity contribution < 1.29 is 171 Å². The molecule has 0 radical (unpaired) electrons. The van der Waals surface area contributed by atoms with Crippen molar-refractivity contribution in [3.63, 3.8) is 0 Å². The van der Waals surface area contributed by atoms with Crippen LogP contribution in [-0.4, -0.2) is 0 Å². The number of aryl methyl sites for hydroxylation is 12. The summed E-state index contributed by atoms with van der Waals surface area (Å²) in [7, 11) is 0. The van der Waals surface area contributed by atoms with Crippen molar-refractivity contribution in [1.82, 2.24) is 0 Å². The molecule has 0 bridgehead atoms. The molecule has 0 nitrogen and oxygen atoms in total. The molecule has 8 aromatic rings. The van der Waals surface area contributed by atoms with Gasteiger partial charge in [-0.2, -0.15) is 158 Å². The highest BCUT2D eigenvalue weighted by Crippen LogP contribution is 2.46. The summed E-state index contributed by atoms with van der Waals surface area (Å²) in [5.41, 5.74) is -12.6. The van der Waals surface area contributed by atoms with Crippen molar-refractivity contribution in [1.29, 1.82) is 0 Å². The molecule has 648 valence electrons. The van der Waals surface area contributed by atoms with Crippen LogP contribution in [0.5, 0.6) is 0 Å². The SMILES string of the molecule is Cc1cc(C(F)(F)F)cc(Br)c1C(F)(F)F.Cc1cc(C(F)(F)F)cc(C(F)(F)F)c1Br.Cc1cc(C(F)(F)F)cc(C(F)(F)F)c1F.Cc1cc(C(F)(F)F)cc(C)c1Br.Cc1cc(C(F)(F)F)cc(C)c1C(F)(F)F.Cc1cc(C(F)(F)F)cc(C)c1Cl.Cc1cc(C(F)(F)F)cc(C)c1F.Cc1cc(C(F)(F)F)cc(F)c1C. The fourth-order valence-electron chi connectivity index (χ4n) is 9.43. The fraction of sp³-hybridized carbons (Fsp3) is 0.342. The third-order valence-electron chi connectivity index (χ3n) is 15.0. The first-order valence-corrected chi connectivity index (χ1v) is 33.6. The maximum atomic E-state index is 13.0. The van der Waals surface area contributed by atoms with Crippen molar-refractivity contribution in [2.45, 2.75) is 164 Å². The van der Waals surface area contributed by atoms with Crippen LogP contribution in [0.15, 0.2) is 110 Å². The molecule has 0 aliphatic heterocycles. The number of hydrogen-bond donors (Lipinski definition) is 0. The molecule has 0 spiro atoms. The average molecular weight is 1950 g/mol. The molecule has 43 heteroatoms. The standard InChI is InChI=1S/C10H8F6.2C9H5BrF6.C9H8BrF3.C9H8ClF3.C9H5F7.2C9H8F4/c1-5-3-7(9(11,12)13)4-6(2)8(5)10(14,15)16;1-4-2-5(8(11,12)13)3-6(10)7(4)9(14,15)16;1-4-2-5(8(11,12)13)3-6(7(4)10)9(14,15)16;2*1-5-3-7(9(11,12)13)4-6(2)8(5)10;1-4-2-5(8(11,12)13)3-6(7(4)10)9(14,15)16;1-5-3-7(9(11,12)13)4-8(10)6(5)2;1-5-3-7(9(11,12)13)4-6(2)8(5)10/h3-4H,1-2H3;2*2-3H,1H3;2*3-4H,1-2H3;2-3H,1H3;2*3-4H,1-2H3. The van der Waals surface area contributed by atoms with E-state index >= 15 is 0 Å². The lowest BCUT2D eigenvalue weighted by atomic mass is 9.99. The predicted molar refractivity (Wildman–Crippen MR) is 361 cm³/mol. The molecule has 0 unspecified atom stereocenters. The molecule has 116 heavy (non-hydrogen) atoms. The molecule has 0 atom stereocenters. The Hall–Kier alpha value is -7.24. The quantitative estimate of drug-likeness (QED) is 0.133. The molecule has 0 amide bonds. The molecule has 0 fully saturated rings. The van der Waals surface area contributed by atoms with Gasteiger partial charge in [-0.25, -0.2) is 13.2 Å². The Morgan fingerprint density at radius 2 is 0.422 bits per heavy atom. The number of rotatable bonds is 0. The topological polar surface area (TPSA) is 0 Å². The van der Waals surface area contributed by atoms with Crippen LogP contribution in [0.2, 0.25) is 5.02 Å². The Kier molecular flexibility index (Phi) is 36.2. The number of halogens is 43. The Morgan fingerprint density at radius 1 is 0.207 bits per heavy atom. The Bertz CT molecular complexity index is 4110. The van der Waals surface area contributed by atoms with Gasteiger partial charge < -0.3 is 0 Å². The first-order valence-electron chi connectivity index (χ1n) is 30.9. The first kappa shape index (κ1) is 107. The number of alkyl halides is 36. The smallest absolute Gasteiger partial charge is 0.207 e. The van der Waals surface area contributed by atoms with Gasteiger partial charge in [-0.3, -0.25) is 0 Å². The highest BCUT2D eigenvalue weighted by Gasteiger charge is 2.44. The van der Waals surface area contributed by atoms with E-state index in [1.165, 1.54) is 34.6 Å². The Morgan fingerprint density at radius 3 is 0.690 bits per heavy atom. The molecule has 0 aliphatic carbocycles. The van der Waals surface area contributed by atoms with E-state index < -0.39 is 185 Å². The van der Waals surface area contributed by atoms with Gasteiger partial charge in [0.2, 0.25) is 0 Å². The van der Waals surface area contributed by atoms with Gasteiger partial charge in [0.25, 0.3) is 0 Å². The second-order valence-electron chi connectivity index (χ2n) is 24.6. The molecular weight excluding hydrogens is 1890 g/mol. The van der Waals surface area contributed by atoms with Crippen molar-refractivity contribution in [2.75, 3.05) is 0 Å². The van der Waals surface area contributed by atoms with Crippen molar-refractivity contribution in [3.8, 4) is 0 Å². The van der Waals surface area contributed by atoms with E-state index in [9.17, 15) is 171 Å². The summed E-state index contributed by atoms with van der Waals surface area (Å²) in [6.07, 6.45) is -55.7. The lowest BCUT2D eigenvalue weighted by molar-refractivity contribution is -0.145. The van der Waals surface area contributed by atoms with E-state index in [1.807, 2.05) is 0 Å². The van der Waals surface area contributed by atoms with Crippen LogP contribution in [0.1, 0.15) is 139 Å². The van der Waals surface area contributed by atoms with Crippen LogP contribution in [0.3, 0.4) is 0 Å². The summed E-state index contributed by atoms with van der Waals surface area (Å²) in [6, 6.07) is 10.2. The maximum absolute atomic E-state index is 13.0. The highest BCUT2D eigenvalue weighted by molar-refractivity contribution is 9.11. The van der Waals surface area contributed by atoms with Crippen molar-refractivity contribution >= 4 is 59.4 Å². The maximum Gasteiger partial charge on any atom is 0.419 e. The zero-order valence-electron chi connectivity index (χ0n) is 60.5. The minimum atomic E-state index is -5.14. The lowest BCUT2D eigenvalue weighted by Gasteiger charge is -2.16. The third-order valence-corrected chi connectivity index (χ3v) is 18.6. The summed E-state index contributed by atoms with van der Waals surface area (Å²) in [5, 5.41) is 0.396. The molecule has 0 heterocycles. The van der Waals surface area contributed by atoms with Crippen LogP contribution in [0, 0.1) is 107 Å². The van der Waals surface area contributed by atoms with E-state index in [0.29, 0.717) is 75.3 Å². The van der Waals surface area contributed by atoms with E-state index in [1.54, 1.807) is 27.7 Å². The lowest BCUT2D eigenvalue weighted by Crippen LogP contribution is -2.14. The van der Waals surface area contributed by atoms with Gasteiger partial charge in [0.1, 0.15) is 17.5 Å². The van der Waals surface area contributed by atoms with Crippen LogP contribution in [0.4, 0.5) is 171 Å². The molecular formula is C73H55Br3ClF39. The number of hydrogen-bond acceptors (Lipinski definition) is 0. The summed E-state index contributed by atoms with van der Waals surface area (Å²) < 4.78 is 480. The molecule has 0 N–H and O–H groups in total. The summed E-state index contributed by atoms with van der Waals surface area (Å²) >= 11 is 14.1. The van der Waals surface area contributed by atoms with Crippen LogP contribution < -0.4 is 0 Å². The molecule has 0 saturated heterocycles. The third kappa shape index (κ3) is 32.1. The monoisotopic (exact) mass is 1940 g/mol. The first-order chi connectivity index (χ1) is 51.4. The van der Waals surface area contributed by atoms with E-state index in [0.717, 1.165) is 74.6 Å². The summed E-state index contributed by atoms with van der Waals surface area (Å²) in [4.78, 5) is 0. The second-order valence-corrected chi connectivity index (χ2v) is 27.4. The van der Waals surface area contributed by atoms with Crippen LogP contribution in [-0.2, 0) is 74.1 Å². The van der Waals surface area contributed by atoms with Gasteiger partial charge in [0.05, 0.1) is 66.8 Å². The summed E-state index contributed by atoms with van der Waals surface area (Å²) in [5.74, 6) is -3.07. The predicted octanol–water partition coefficient (Wildman–Crippen LogP) is 33.1. The zero-order valence-corrected chi connectivity index (χ0v) is 66.0. The van der Waals surface area contributed by atoms with E-state index in [4.69, 9.17) is 11.6 Å². The minimum absolute atomic E-state index is 0.0207.